The lowest BCUT2D eigenvalue weighted by Crippen LogP contribution is -2.50. The number of hydrogen-bond acceptors (Lipinski definition) is 7. The van der Waals surface area contributed by atoms with Crippen molar-refractivity contribution in [2.24, 2.45) is 0 Å². The van der Waals surface area contributed by atoms with Crippen molar-refractivity contribution in [3.63, 3.8) is 0 Å². The van der Waals surface area contributed by atoms with Crippen molar-refractivity contribution in [3.8, 4) is 11.6 Å². The van der Waals surface area contributed by atoms with Crippen LogP contribution in [0.2, 0.25) is 0 Å². The van der Waals surface area contributed by atoms with Crippen molar-refractivity contribution in [1.29, 1.82) is 0 Å². The number of carbonyl (C=O) groups excluding carboxylic acids is 1. The molecule has 0 bridgehead atoms. The molecule has 1 amide bonds. The Labute approximate surface area is 190 Å². The van der Waals surface area contributed by atoms with Gasteiger partial charge in [-0.3, -0.25) is 9.59 Å². The molecule has 0 spiro atoms. The summed E-state index contributed by atoms with van der Waals surface area (Å²) in [7, 11) is -3.67. The maximum atomic E-state index is 13.1. The first-order valence-corrected chi connectivity index (χ1v) is 11.9. The number of nitrogens with zero attached hydrogens (tertiary/aromatic N) is 5. The van der Waals surface area contributed by atoms with Crippen LogP contribution in [0.5, 0.6) is 5.75 Å². The summed E-state index contributed by atoms with van der Waals surface area (Å²) in [5.41, 5.74) is 0.632. The number of carbonyl (C=O) groups is 1. The van der Waals surface area contributed by atoms with Crippen LogP contribution in [-0.2, 0) is 10.0 Å². The van der Waals surface area contributed by atoms with Crippen LogP contribution in [0.1, 0.15) is 23.0 Å². The number of aromatic amines is 1. The minimum Gasteiger partial charge on any atom is -0.494 e. The highest BCUT2D eigenvalue weighted by Crippen LogP contribution is 2.22. The Morgan fingerprint density at radius 3 is 2.39 bits per heavy atom. The highest BCUT2D eigenvalue weighted by molar-refractivity contribution is 7.89. The lowest BCUT2D eigenvalue weighted by molar-refractivity contribution is 0.0697. The van der Waals surface area contributed by atoms with Gasteiger partial charge in [-0.15, -0.1) is 0 Å². The number of aromatic nitrogens is 4. The van der Waals surface area contributed by atoms with Crippen LogP contribution >= 0.6 is 0 Å². The van der Waals surface area contributed by atoms with E-state index in [1.807, 2.05) is 6.92 Å². The van der Waals surface area contributed by atoms with Gasteiger partial charge in [0.15, 0.2) is 5.82 Å². The second kappa shape index (κ2) is 9.16. The van der Waals surface area contributed by atoms with E-state index in [4.69, 9.17) is 4.74 Å². The van der Waals surface area contributed by atoms with Crippen molar-refractivity contribution in [2.45, 2.75) is 18.7 Å². The van der Waals surface area contributed by atoms with Crippen molar-refractivity contribution < 1.29 is 17.9 Å². The lowest BCUT2D eigenvalue weighted by atomic mass is 10.2. The molecule has 0 aliphatic carbocycles. The van der Waals surface area contributed by atoms with Crippen molar-refractivity contribution >= 4 is 15.9 Å². The van der Waals surface area contributed by atoms with Gasteiger partial charge >= 0.3 is 0 Å². The fourth-order valence-electron chi connectivity index (χ4n) is 3.63. The second-order valence-corrected chi connectivity index (χ2v) is 9.37. The normalized spacial score (nSPS) is 14.9. The average molecular weight is 473 g/mol. The summed E-state index contributed by atoms with van der Waals surface area (Å²) in [4.78, 5) is 26.1. The number of hydrogen-bond donors (Lipinski definition) is 1. The number of amides is 1. The van der Waals surface area contributed by atoms with Gasteiger partial charge < -0.3 is 9.64 Å². The summed E-state index contributed by atoms with van der Waals surface area (Å²) in [6, 6.07) is 9.16. The Kier molecular flexibility index (Phi) is 6.29. The molecule has 1 aromatic carbocycles. The molecule has 0 radical (unpaired) electrons. The molecule has 1 N–H and O–H groups in total. The number of sulfonamides is 1. The number of rotatable bonds is 6. The smallest absolute Gasteiger partial charge is 0.264 e. The number of piperazine rings is 1. The average Bonchev–Trinajstić information content (AvgIpc) is 3.21. The van der Waals surface area contributed by atoms with Crippen molar-refractivity contribution in [2.75, 3.05) is 32.8 Å². The molecule has 33 heavy (non-hydrogen) atoms. The van der Waals surface area contributed by atoms with Gasteiger partial charge in [-0.25, -0.2) is 18.2 Å². The van der Waals surface area contributed by atoms with Crippen LogP contribution in [0.3, 0.4) is 0 Å². The molecular weight excluding hydrogens is 448 g/mol. The van der Waals surface area contributed by atoms with E-state index in [1.54, 1.807) is 24.0 Å². The maximum Gasteiger partial charge on any atom is 0.264 e. The molecule has 174 valence electrons. The third-order valence-electron chi connectivity index (χ3n) is 5.42. The summed E-state index contributed by atoms with van der Waals surface area (Å²) >= 11 is 0. The van der Waals surface area contributed by atoms with Gasteiger partial charge in [-0.2, -0.15) is 14.5 Å². The summed E-state index contributed by atoms with van der Waals surface area (Å²) in [5, 5.41) is 10.5. The summed E-state index contributed by atoms with van der Waals surface area (Å²) in [6.07, 6.45) is 1.45. The zero-order valence-electron chi connectivity index (χ0n) is 18.3. The molecule has 2 aromatic heterocycles. The Hall–Kier alpha value is -3.51. The van der Waals surface area contributed by atoms with Crippen molar-refractivity contribution in [1.82, 2.24) is 29.2 Å². The predicted octanol–water partition coefficient (Wildman–Crippen LogP) is 0.809. The Balaban J connectivity index is 1.44. The zero-order valence-corrected chi connectivity index (χ0v) is 19.1. The molecule has 1 aliphatic heterocycles. The van der Waals surface area contributed by atoms with Crippen LogP contribution in [0, 0.1) is 6.92 Å². The van der Waals surface area contributed by atoms with Gasteiger partial charge in [-0.1, -0.05) is 0 Å². The first-order valence-electron chi connectivity index (χ1n) is 10.4. The standard InChI is InChI=1S/C21H24N6O5S/c1-3-32-16-4-6-17(7-5-16)33(30,31)26-12-10-25(11-13-26)21(29)18-14-22-27(15(18)2)19-8-9-20(28)24-23-19/h4-9,14H,3,10-13H2,1-2H3,(H,24,28). The first kappa shape index (κ1) is 22.7. The fourth-order valence-corrected chi connectivity index (χ4v) is 5.05. The third-order valence-corrected chi connectivity index (χ3v) is 7.33. The highest BCUT2D eigenvalue weighted by atomic mass is 32.2. The molecule has 3 aromatic rings. The fraction of sp³-hybridized carbons (Fsp3) is 0.333. The molecule has 0 saturated carbocycles. The molecular formula is C21H24N6O5S. The maximum absolute atomic E-state index is 13.1. The zero-order chi connectivity index (χ0) is 23.6. The number of H-pyrrole nitrogens is 1. The molecule has 3 heterocycles. The van der Waals surface area contributed by atoms with E-state index in [0.29, 0.717) is 29.4 Å². The van der Waals surface area contributed by atoms with E-state index in [-0.39, 0.29) is 42.5 Å². The van der Waals surface area contributed by atoms with Gasteiger partial charge in [-0.05, 0) is 44.2 Å². The van der Waals surface area contributed by atoms with Gasteiger partial charge in [0, 0.05) is 32.2 Å². The molecule has 1 saturated heterocycles. The topological polar surface area (TPSA) is 130 Å². The summed E-state index contributed by atoms with van der Waals surface area (Å²) in [6.45, 7) is 5.00. The Morgan fingerprint density at radius 1 is 1.09 bits per heavy atom. The molecule has 1 fully saturated rings. The second-order valence-electron chi connectivity index (χ2n) is 7.44. The lowest BCUT2D eigenvalue weighted by Gasteiger charge is -2.34. The Morgan fingerprint density at radius 2 is 1.79 bits per heavy atom. The monoisotopic (exact) mass is 472 g/mol. The molecule has 0 atom stereocenters. The van der Waals surface area contributed by atoms with E-state index in [0.717, 1.165) is 0 Å². The summed E-state index contributed by atoms with van der Waals surface area (Å²) < 4.78 is 34.2. The summed E-state index contributed by atoms with van der Waals surface area (Å²) in [5.74, 6) is 0.763. The quantitative estimate of drug-likeness (QED) is 0.562. The van der Waals surface area contributed by atoms with E-state index < -0.39 is 10.0 Å². The third kappa shape index (κ3) is 4.52. The molecule has 1 aliphatic rings. The van der Waals surface area contributed by atoms with Crippen LogP contribution in [0.25, 0.3) is 5.82 Å². The molecule has 12 heteroatoms. The van der Waals surface area contributed by atoms with Gasteiger partial charge in [0.1, 0.15) is 5.75 Å². The van der Waals surface area contributed by atoms with E-state index in [9.17, 15) is 18.0 Å². The van der Waals surface area contributed by atoms with Crippen LogP contribution in [0.15, 0.2) is 52.3 Å². The number of nitrogens with one attached hydrogen (secondary N) is 1. The van der Waals surface area contributed by atoms with Gasteiger partial charge in [0.05, 0.1) is 29.0 Å². The predicted molar refractivity (Wildman–Crippen MR) is 119 cm³/mol. The SMILES string of the molecule is CCOc1ccc(S(=O)(=O)N2CCN(C(=O)c3cnn(-c4ccc(=O)[nH]n4)c3C)CC2)cc1. The first-order chi connectivity index (χ1) is 15.8. The number of benzene rings is 1. The molecule has 0 unspecified atom stereocenters. The van der Waals surface area contributed by atoms with Gasteiger partial charge in [0.2, 0.25) is 10.0 Å². The van der Waals surface area contributed by atoms with E-state index in [1.165, 1.54) is 39.4 Å². The minimum absolute atomic E-state index is 0.190. The number of ether oxygens (including phenoxy) is 1. The highest BCUT2D eigenvalue weighted by Gasteiger charge is 2.31. The molecule has 11 nitrogen and oxygen atoms in total. The largest absolute Gasteiger partial charge is 0.494 e. The molecule has 4 rings (SSSR count). The van der Waals surface area contributed by atoms with Crippen LogP contribution < -0.4 is 10.3 Å². The van der Waals surface area contributed by atoms with Crippen LogP contribution in [-0.4, -0.2) is 76.3 Å². The van der Waals surface area contributed by atoms with E-state index >= 15 is 0 Å². The van der Waals surface area contributed by atoms with E-state index in [2.05, 4.69) is 15.3 Å². The Bertz CT molecular complexity index is 1290. The van der Waals surface area contributed by atoms with Crippen LogP contribution in [0.4, 0.5) is 0 Å². The van der Waals surface area contributed by atoms with Crippen molar-refractivity contribution in [3.05, 3.63) is 64.2 Å². The van der Waals surface area contributed by atoms with Gasteiger partial charge in [0.25, 0.3) is 11.5 Å². The minimum atomic E-state index is -3.67.